The molecule has 214 valence electrons. The number of benzene rings is 4. The van der Waals surface area contributed by atoms with E-state index < -0.39 is 17.7 Å². The highest BCUT2D eigenvalue weighted by Gasteiger charge is 2.45. The number of ketones is 1. The van der Waals surface area contributed by atoms with Crippen molar-refractivity contribution in [2.75, 3.05) is 20.3 Å². The number of para-hydroxylation sites is 1. The van der Waals surface area contributed by atoms with Crippen LogP contribution in [-0.2, 0) is 20.9 Å². The van der Waals surface area contributed by atoms with Gasteiger partial charge in [-0.05, 0) is 73.0 Å². The van der Waals surface area contributed by atoms with Crippen LogP contribution in [0.15, 0.2) is 109 Å². The van der Waals surface area contributed by atoms with Gasteiger partial charge < -0.3 is 24.2 Å². The minimum Gasteiger partial charge on any atom is -0.507 e. The van der Waals surface area contributed by atoms with E-state index >= 15 is 0 Å². The van der Waals surface area contributed by atoms with Gasteiger partial charge in [0.25, 0.3) is 11.7 Å². The number of hydrogen-bond acceptors (Lipinski definition) is 6. The highest BCUT2D eigenvalue weighted by molar-refractivity contribution is 6.46. The lowest BCUT2D eigenvalue weighted by Crippen LogP contribution is -2.31. The number of carbonyl (C=O) groups excluding carboxylic acids is 2. The smallest absolute Gasteiger partial charge is 0.295 e. The standard InChI is InChI=1S/C35H33NO6/c1-24-9-6-10-25(21-24)23-41-28-17-15-26(16-18-28)33(37)31-32(36(19-8-20-40-2)35(39)34(31)38)27-11-7-14-30(22-27)42-29-12-4-3-5-13-29/h3-7,9-18,21-22,32,37H,8,19-20,23H2,1-2H3/b33-31+. The van der Waals surface area contributed by atoms with Crippen LogP contribution in [0.3, 0.4) is 0 Å². The number of carbonyl (C=O) groups is 2. The first-order valence-corrected chi connectivity index (χ1v) is 13.8. The zero-order chi connectivity index (χ0) is 29.5. The fraction of sp³-hybridized carbons (Fsp3) is 0.200. The van der Waals surface area contributed by atoms with Crippen molar-refractivity contribution < 1.29 is 28.9 Å². The summed E-state index contributed by atoms with van der Waals surface area (Å²) in [5.41, 5.74) is 3.30. The zero-order valence-electron chi connectivity index (χ0n) is 23.7. The number of ether oxygens (including phenoxy) is 3. The number of likely N-dealkylation sites (tertiary alicyclic amines) is 1. The Bertz CT molecular complexity index is 1580. The summed E-state index contributed by atoms with van der Waals surface area (Å²) in [5.74, 6) is 0.196. The molecule has 1 N–H and O–H groups in total. The molecule has 1 unspecified atom stereocenters. The van der Waals surface area contributed by atoms with Crippen LogP contribution in [0.1, 0.15) is 34.7 Å². The van der Waals surface area contributed by atoms with Gasteiger partial charge in [-0.2, -0.15) is 0 Å². The van der Waals surface area contributed by atoms with Crippen molar-refractivity contribution in [1.29, 1.82) is 0 Å². The molecule has 0 radical (unpaired) electrons. The highest BCUT2D eigenvalue weighted by atomic mass is 16.5. The highest BCUT2D eigenvalue weighted by Crippen LogP contribution is 2.41. The summed E-state index contributed by atoms with van der Waals surface area (Å²) in [4.78, 5) is 28.1. The van der Waals surface area contributed by atoms with Crippen molar-refractivity contribution in [2.45, 2.75) is 26.0 Å². The Morgan fingerprint density at radius 2 is 1.57 bits per heavy atom. The van der Waals surface area contributed by atoms with Crippen molar-refractivity contribution in [1.82, 2.24) is 4.90 Å². The lowest BCUT2D eigenvalue weighted by atomic mass is 9.95. The number of rotatable bonds is 11. The number of aliphatic hydroxyl groups excluding tert-OH is 1. The molecule has 1 aliphatic heterocycles. The van der Waals surface area contributed by atoms with Gasteiger partial charge >= 0.3 is 0 Å². The predicted octanol–water partition coefficient (Wildman–Crippen LogP) is 6.82. The molecule has 4 aromatic carbocycles. The third-order valence-corrected chi connectivity index (χ3v) is 7.06. The van der Waals surface area contributed by atoms with Gasteiger partial charge in [0.15, 0.2) is 0 Å². The minimum atomic E-state index is -0.793. The molecule has 0 spiro atoms. The predicted molar refractivity (Wildman–Crippen MR) is 160 cm³/mol. The zero-order valence-corrected chi connectivity index (χ0v) is 23.7. The molecule has 1 aliphatic rings. The topological polar surface area (TPSA) is 85.3 Å². The van der Waals surface area contributed by atoms with Crippen molar-refractivity contribution in [3.8, 4) is 17.2 Å². The Morgan fingerprint density at radius 3 is 2.31 bits per heavy atom. The third-order valence-electron chi connectivity index (χ3n) is 7.06. The maximum absolute atomic E-state index is 13.4. The summed E-state index contributed by atoms with van der Waals surface area (Å²) in [5, 5.41) is 11.4. The van der Waals surface area contributed by atoms with Gasteiger partial charge in [-0.25, -0.2) is 0 Å². The van der Waals surface area contributed by atoms with E-state index in [9.17, 15) is 14.7 Å². The van der Waals surface area contributed by atoms with E-state index in [0.29, 0.717) is 48.0 Å². The van der Waals surface area contributed by atoms with Gasteiger partial charge in [0.2, 0.25) is 0 Å². The molecule has 42 heavy (non-hydrogen) atoms. The Kier molecular flexibility index (Phi) is 8.99. The molecule has 5 rings (SSSR count). The average Bonchev–Trinajstić information content (AvgIpc) is 3.26. The van der Waals surface area contributed by atoms with Crippen LogP contribution < -0.4 is 9.47 Å². The molecular weight excluding hydrogens is 530 g/mol. The molecule has 4 aromatic rings. The van der Waals surface area contributed by atoms with Crippen LogP contribution >= 0.6 is 0 Å². The Labute approximate surface area is 245 Å². The summed E-state index contributed by atoms with van der Waals surface area (Å²) < 4.78 is 17.1. The number of methoxy groups -OCH3 is 1. The molecule has 0 bridgehead atoms. The van der Waals surface area contributed by atoms with Gasteiger partial charge in [-0.15, -0.1) is 0 Å². The van der Waals surface area contributed by atoms with Crippen LogP contribution in [0.2, 0.25) is 0 Å². The first kappa shape index (κ1) is 28.6. The van der Waals surface area contributed by atoms with Crippen molar-refractivity contribution in [2.24, 2.45) is 0 Å². The summed E-state index contributed by atoms with van der Waals surface area (Å²) in [6, 6.07) is 30.7. The van der Waals surface area contributed by atoms with E-state index in [2.05, 4.69) is 6.07 Å². The second-order valence-corrected chi connectivity index (χ2v) is 10.1. The summed E-state index contributed by atoms with van der Waals surface area (Å²) >= 11 is 0. The number of aryl methyl sites for hydroxylation is 1. The number of hydrogen-bond donors (Lipinski definition) is 1. The molecule has 0 aliphatic carbocycles. The van der Waals surface area contributed by atoms with Crippen LogP contribution in [-0.4, -0.2) is 42.0 Å². The van der Waals surface area contributed by atoms with Crippen molar-refractivity contribution in [3.63, 3.8) is 0 Å². The summed E-state index contributed by atoms with van der Waals surface area (Å²) in [6.07, 6.45) is 0.535. The first-order valence-electron chi connectivity index (χ1n) is 13.8. The lowest BCUT2D eigenvalue weighted by Gasteiger charge is -2.25. The minimum absolute atomic E-state index is 0.0303. The lowest BCUT2D eigenvalue weighted by molar-refractivity contribution is -0.140. The molecule has 7 nitrogen and oxygen atoms in total. The van der Waals surface area contributed by atoms with E-state index in [-0.39, 0.29) is 17.9 Å². The molecule has 1 saturated heterocycles. The van der Waals surface area contributed by atoms with Crippen molar-refractivity contribution >= 4 is 17.4 Å². The molecule has 1 atom stereocenters. The average molecular weight is 564 g/mol. The number of amides is 1. The van der Waals surface area contributed by atoms with Gasteiger partial charge in [-0.3, -0.25) is 9.59 Å². The molecule has 0 aromatic heterocycles. The second-order valence-electron chi connectivity index (χ2n) is 10.1. The number of nitrogens with zero attached hydrogens (tertiary/aromatic N) is 1. The van der Waals surface area contributed by atoms with E-state index in [1.807, 2.05) is 73.7 Å². The Morgan fingerprint density at radius 1 is 0.833 bits per heavy atom. The molecule has 1 fully saturated rings. The van der Waals surface area contributed by atoms with E-state index in [4.69, 9.17) is 14.2 Å². The van der Waals surface area contributed by atoms with Crippen LogP contribution in [0, 0.1) is 6.92 Å². The quantitative estimate of drug-likeness (QED) is 0.0933. The summed E-state index contributed by atoms with van der Waals surface area (Å²) in [6.45, 7) is 3.15. The monoisotopic (exact) mass is 563 g/mol. The summed E-state index contributed by atoms with van der Waals surface area (Å²) in [7, 11) is 1.59. The fourth-order valence-corrected chi connectivity index (χ4v) is 5.04. The maximum atomic E-state index is 13.4. The third kappa shape index (κ3) is 6.53. The second kappa shape index (κ2) is 13.2. The Balaban J connectivity index is 1.45. The first-order chi connectivity index (χ1) is 20.4. The fourth-order valence-electron chi connectivity index (χ4n) is 5.04. The Hall–Kier alpha value is -4.88. The largest absolute Gasteiger partial charge is 0.507 e. The van der Waals surface area contributed by atoms with Gasteiger partial charge in [0, 0.05) is 25.8 Å². The van der Waals surface area contributed by atoms with E-state index in [1.165, 1.54) is 4.90 Å². The van der Waals surface area contributed by atoms with Gasteiger partial charge in [-0.1, -0.05) is 60.2 Å². The molecule has 0 saturated carbocycles. The number of aliphatic hydroxyl groups is 1. The molecule has 1 amide bonds. The van der Waals surface area contributed by atoms with Gasteiger partial charge in [0.05, 0.1) is 11.6 Å². The normalized spacial score (nSPS) is 16.0. The maximum Gasteiger partial charge on any atom is 0.295 e. The van der Waals surface area contributed by atoms with Gasteiger partial charge in [0.1, 0.15) is 29.6 Å². The van der Waals surface area contributed by atoms with Crippen LogP contribution in [0.4, 0.5) is 0 Å². The number of Topliss-reactive ketones (excluding diaryl/α,β-unsaturated/α-hetero) is 1. The van der Waals surface area contributed by atoms with Crippen LogP contribution in [0.25, 0.3) is 5.76 Å². The molecular formula is C35H33NO6. The van der Waals surface area contributed by atoms with E-state index in [0.717, 1.165) is 11.1 Å². The van der Waals surface area contributed by atoms with E-state index in [1.54, 1.807) is 37.4 Å². The van der Waals surface area contributed by atoms with Crippen molar-refractivity contribution in [3.05, 3.63) is 131 Å². The van der Waals surface area contributed by atoms with Crippen LogP contribution in [0.5, 0.6) is 17.2 Å². The molecule has 7 heteroatoms. The SMILES string of the molecule is COCCCN1C(=O)C(=O)/C(=C(/O)c2ccc(OCc3cccc(C)c3)cc2)C1c1cccc(Oc2ccccc2)c1. The molecule has 1 heterocycles.